The molecular formula is C15H18N4O2. The Morgan fingerprint density at radius 1 is 1.43 bits per heavy atom. The number of nitrogens with one attached hydrogen (secondary N) is 1. The van der Waals surface area contributed by atoms with Gasteiger partial charge in [-0.15, -0.1) is 0 Å². The molecule has 1 heterocycles. The van der Waals surface area contributed by atoms with Gasteiger partial charge in [0.05, 0.1) is 0 Å². The van der Waals surface area contributed by atoms with Crippen LogP contribution in [0.5, 0.6) is 0 Å². The van der Waals surface area contributed by atoms with Gasteiger partial charge in [0.2, 0.25) is 5.89 Å². The number of benzene rings is 1. The van der Waals surface area contributed by atoms with Crippen molar-refractivity contribution in [3.8, 4) is 0 Å². The van der Waals surface area contributed by atoms with Gasteiger partial charge in [0.1, 0.15) is 0 Å². The Balaban J connectivity index is 1.63. The molecule has 2 aromatic rings. The van der Waals surface area contributed by atoms with Crippen molar-refractivity contribution in [1.29, 1.82) is 0 Å². The predicted molar refractivity (Wildman–Crippen MR) is 77.8 cm³/mol. The summed E-state index contributed by atoms with van der Waals surface area (Å²) in [6, 6.07) is 7.99. The van der Waals surface area contributed by atoms with Crippen LogP contribution in [0.25, 0.3) is 0 Å². The van der Waals surface area contributed by atoms with Gasteiger partial charge < -0.3 is 15.6 Å². The number of amides is 1. The summed E-state index contributed by atoms with van der Waals surface area (Å²) in [6.45, 7) is 2.07. The van der Waals surface area contributed by atoms with E-state index in [2.05, 4.69) is 22.4 Å². The normalized spacial score (nSPS) is 15.7. The molecule has 1 saturated carbocycles. The van der Waals surface area contributed by atoms with Crippen molar-refractivity contribution in [2.45, 2.75) is 38.1 Å². The third kappa shape index (κ3) is 3.39. The molecule has 0 aliphatic heterocycles. The van der Waals surface area contributed by atoms with Crippen molar-refractivity contribution in [3.05, 3.63) is 41.5 Å². The number of rotatable bonds is 5. The molecule has 110 valence electrons. The first-order valence-corrected chi connectivity index (χ1v) is 7.10. The second-order valence-corrected chi connectivity index (χ2v) is 5.53. The molecule has 1 fully saturated rings. The molecule has 1 aliphatic carbocycles. The summed E-state index contributed by atoms with van der Waals surface area (Å²) in [4.78, 5) is 16.0. The third-order valence-electron chi connectivity index (χ3n) is 3.57. The lowest BCUT2D eigenvalue weighted by Gasteiger charge is -2.09. The minimum Gasteiger partial charge on any atom is -0.399 e. The fourth-order valence-corrected chi connectivity index (χ4v) is 2.11. The zero-order valence-corrected chi connectivity index (χ0v) is 11.9. The van der Waals surface area contributed by atoms with E-state index < -0.39 is 0 Å². The van der Waals surface area contributed by atoms with Crippen molar-refractivity contribution in [3.63, 3.8) is 0 Å². The Labute approximate surface area is 122 Å². The van der Waals surface area contributed by atoms with Crippen LogP contribution in [0.15, 0.2) is 28.8 Å². The highest BCUT2D eigenvalue weighted by Gasteiger charge is 2.26. The van der Waals surface area contributed by atoms with Crippen LogP contribution in [0.1, 0.15) is 47.8 Å². The van der Waals surface area contributed by atoms with Gasteiger partial charge in [-0.05, 0) is 36.5 Å². The molecule has 21 heavy (non-hydrogen) atoms. The molecule has 0 spiro atoms. The SMILES string of the molecule is CC(Cc1nc(C(=O)NC2CC2)no1)c1ccc(N)cc1. The number of carbonyl (C=O) groups excluding carboxylic acids is 1. The number of carbonyl (C=O) groups is 1. The van der Waals surface area contributed by atoms with Gasteiger partial charge >= 0.3 is 0 Å². The second kappa shape index (κ2) is 5.55. The van der Waals surface area contributed by atoms with Crippen molar-refractivity contribution in [1.82, 2.24) is 15.5 Å². The molecular weight excluding hydrogens is 268 g/mol. The van der Waals surface area contributed by atoms with E-state index in [1.807, 2.05) is 24.3 Å². The summed E-state index contributed by atoms with van der Waals surface area (Å²) >= 11 is 0. The van der Waals surface area contributed by atoms with Crippen molar-refractivity contribution >= 4 is 11.6 Å². The molecule has 6 nitrogen and oxygen atoms in total. The van der Waals surface area contributed by atoms with Crippen LogP contribution >= 0.6 is 0 Å². The number of hydrogen-bond donors (Lipinski definition) is 2. The van der Waals surface area contributed by atoms with Gasteiger partial charge in [0, 0.05) is 18.2 Å². The minimum absolute atomic E-state index is 0.112. The first-order valence-electron chi connectivity index (χ1n) is 7.10. The molecule has 3 N–H and O–H groups in total. The Morgan fingerprint density at radius 3 is 2.81 bits per heavy atom. The Kier molecular flexibility index (Phi) is 3.60. The maximum absolute atomic E-state index is 11.8. The van der Waals surface area contributed by atoms with E-state index in [1.165, 1.54) is 0 Å². The average Bonchev–Trinajstić information content (AvgIpc) is 3.15. The molecule has 3 rings (SSSR count). The largest absolute Gasteiger partial charge is 0.399 e. The van der Waals surface area contributed by atoms with Gasteiger partial charge in [0.25, 0.3) is 11.7 Å². The van der Waals surface area contributed by atoms with Crippen LogP contribution in [0.3, 0.4) is 0 Å². The minimum atomic E-state index is -0.257. The van der Waals surface area contributed by atoms with E-state index in [1.54, 1.807) is 0 Å². The Morgan fingerprint density at radius 2 is 2.14 bits per heavy atom. The summed E-state index contributed by atoms with van der Waals surface area (Å²) in [6.07, 6.45) is 2.66. The maximum Gasteiger partial charge on any atom is 0.292 e. The molecule has 0 saturated heterocycles. The van der Waals surface area contributed by atoms with Crippen LogP contribution in [-0.4, -0.2) is 22.1 Å². The van der Waals surface area contributed by atoms with Gasteiger partial charge in [-0.25, -0.2) is 0 Å². The lowest BCUT2D eigenvalue weighted by Crippen LogP contribution is -2.26. The highest BCUT2D eigenvalue weighted by Crippen LogP contribution is 2.21. The van der Waals surface area contributed by atoms with Gasteiger partial charge in [-0.1, -0.05) is 24.2 Å². The number of nitrogens with two attached hydrogens (primary N) is 1. The average molecular weight is 286 g/mol. The molecule has 1 aromatic heterocycles. The molecule has 1 unspecified atom stereocenters. The lowest BCUT2D eigenvalue weighted by molar-refractivity contribution is 0.0937. The van der Waals surface area contributed by atoms with E-state index >= 15 is 0 Å². The molecule has 6 heteroatoms. The fraction of sp³-hybridized carbons (Fsp3) is 0.400. The summed E-state index contributed by atoms with van der Waals surface area (Å²) in [5.41, 5.74) is 7.56. The van der Waals surface area contributed by atoms with Crippen LogP contribution in [-0.2, 0) is 6.42 Å². The van der Waals surface area contributed by atoms with Crippen LogP contribution in [0.2, 0.25) is 0 Å². The third-order valence-corrected chi connectivity index (χ3v) is 3.57. The van der Waals surface area contributed by atoms with Crippen molar-refractivity contribution < 1.29 is 9.32 Å². The zero-order chi connectivity index (χ0) is 14.8. The lowest BCUT2D eigenvalue weighted by atomic mass is 9.98. The Bertz CT molecular complexity index is 631. The Hall–Kier alpha value is -2.37. The van der Waals surface area contributed by atoms with Crippen molar-refractivity contribution in [2.24, 2.45) is 0 Å². The highest BCUT2D eigenvalue weighted by molar-refractivity contribution is 5.90. The van der Waals surface area contributed by atoms with Crippen LogP contribution in [0, 0.1) is 0 Å². The second-order valence-electron chi connectivity index (χ2n) is 5.53. The summed E-state index contributed by atoms with van der Waals surface area (Å²) in [5, 5.41) is 6.58. The monoisotopic (exact) mass is 286 g/mol. The number of hydrogen-bond acceptors (Lipinski definition) is 5. The fourth-order valence-electron chi connectivity index (χ4n) is 2.11. The summed E-state index contributed by atoms with van der Waals surface area (Å²) in [5.74, 6) is 0.541. The molecule has 1 atom stereocenters. The van der Waals surface area contributed by atoms with E-state index in [0.29, 0.717) is 12.3 Å². The smallest absolute Gasteiger partial charge is 0.292 e. The van der Waals surface area contributed by atoms with Gasteiger partial charge in [-0.3, -0.25) is 4.79 Å². The molecule has 0 bridgehead atoms. The van der Waals surface area contributed by atoms with Crippen LogP contribution < -0.4 is 11.1 Å². The summed E-state index contributed by atoms with van der Waals surface area (Å²) in [7, 11) is 0. The first kappa shape index (κ1) is 13.6. The topological polar surface area (TPSA) is 94.0 Å². The van der Waals surface area contributed by atoms with Gasteiger partial charge in [0.15, 0.2) is 0 Å². The van der Waals surface area contributed by atoms with E-state index in [9.17, 15) is 4.79 Å². The summed E-state index contributed by atoms with van der Waals surface area (Å²) < 4.78 is 5.16. The standard InChI is InChI=1S/C15H18N4O2/c1-9(10-2-4-11(16)5-3-10)8-13-18-14(19-21-13)15(20)17-12-6-7-12/h2-5,9,12H,6-8,16H2,1H3,(H,17,20). The maximum atomic E-state index is 11.8. The first-order chi connectivity index (χ1) is 10.1. The van der Waals surface area contributed by atoms with Crippen LogP contribution in [0.4, 0.5) is 5.69 Å². The van der Waals surface area contributed by atoms with E-state index in [-0.39, 0.29) is 23.7 Å². The molecule has 1 aromatic carbocycles. The molecule has 1 amide bonds. The number of nitrogens with zero attached hydrogens (tertiary/aromatic N) is 2. The number of anilines is 1. The van der Waals surface area contributed by atoms with Gasteiger partial charge in [-0.2, -0.15) is 4.98 Å². The molecule has 1 aliphatic rings. The predicted octanol–water partition coefficient (Wildman–Crippen LogP) is 1.89. The quantitative estimate of drug-likeness (QED) is 0.818. The highest BCUT2D eigenvalue weighted by atomic mass is 16.5. The zero-order valence-electron chi connectivity index (χ0n) is 11.9. The van der Waals surface area contributed by atoms with E-state index in [4.69, 9.17) is 10.3 Å². The number of aromatic nitrogens is 2. The van der Waals surface area contributed by atoms with E-state index in [0.717, 1.165) is 24.1 Å². The molecule has 0 radical (unpaired) electrons. The number of nitrogen functional groups attached to an aromatic ring is 1. The van der Waals surface area contributed by atoms with Crippen molar-refractivity contribution in [2.75, 3.05) is 5.73 Å².